The van der Waals surface area contributed by atoms with Crippen molar-refractivity contribution in [1.82, 2.24) is 4.86 Å². The second-order valence-corrected chi connectivity index (χ2v) is 4.75. The molecule has 0 radical (unpaired) electrons. The lowest BCUT2D eigenvalue weighted by atomic mass is 12.0. The third kappa shape index (κ3) is 8.21. The zero-order valence-corrected chi connectivity index (χ0v) is 6.13. The Morgan fingerprint density at radius 2 is 1.56 bits per heavy atom. The molecule has 0 aliphatic carbocycles. The Hall–Kier alpha value is 0.210. The number of hydrogen-bond donors (Lipinski definition) is 1. The molecule has 0 bridgehead atoms. The number of hydrogen-bond acceptors (Lipinski definition) is 2. The van der Waals surface area contributed by atoms with Gasteiger partial charge in [-0.3, -0.25) is 4.57 Å². The molecule has 0 heterocycles. The van der Waals surface area contributed by atoms with Crippen molar-refractivity contribution in [2.75, 3.05) is 6.66 Å². The van der Waals surface area contributed by atoms with Gasteiger partial charge in [-0.1, -0.05) is 0 Å². The largest absolute Gasteiger partial charge is 0.488 e. The fourth-order valence-corrected chi connectivity index (χ4v) is 1.87. The van der Waals surface area contributed by atoms with Crippen LogP contribution in [0.2, 0.25) is 0 Å². The summed E-state index contributed by atoms with van der Waals surface area (Å²) in [6, 6.07) is 0. The average Bonchev–Trinajstić information content (AvgIpc) is 1.14. The van der Waals surface area contributed by atoms with Crippen LogP contribution in [-0.4, -0.2) is 6.66 Å². The summed E-state index contributed by atoms with van der Waals surface area (Å²) in [5.41, 5.74) is 0. The maximum absolute atomic E-state index is 11.7. The molecule has 0 aromatic rings. The summed E-state index contributed by atoms with van der Waals surface area (Å²) in [7, 11) is -10.2. The average molecular weight is 181 g/mol. The number of halogens is 3. The first-order valence-corrected chi connectivity index (χ1v) is 5.30. The second kappa shape index (κ2) is 2.45. The van der Waals surface area contributed by atoms with Gasteiger partial charge in [-0.05, 0) is 0 Å². The highest BCUT2D eigenvalue weighted by atomic mass is 31.3. The summed E-state index contributed by atoms with van der Waals surface area (Å²) >= 11 is 0. The molecule has 0 amide bonds. The molecule has 0 rings (SSSR count). The fourth-order valence-electron chi connectivity index (χ4n) is 0.208. The molecule has 0 fully saturated rings. The van der Waals surface area contributed by atoms with E-state index in [1.165, 1.54) is 0 Å². The maximum Gasteiger partial charge on any atom is 0.488 e. The van der Waals surface area contributed by atoms with E-state index in [-0.39, 0.29) is 0 Å². The molecule has 1 N–H and O–H groups in total. The van der Waals surface area contributed by atoms with E-state index in [2.05, 4.69) is 0 Å². The van der Waals surface area contributed by atoms with Crippen molar-refractivity contribution in [3.05, 3.63) is 0 Å². The van der Waals surface area contributed by atoms with Crippen molar-refractivity contribution in [3.63, 3.8) is 0 Å². The van der Waals surface area contributed by atoms with Gasteiger partial charge in [0.25, 0.3) is 0 Å². The van der Waals surface area contributed by atoms with Crippen molar-refractivity contribution in [1.29, 1.82) is 0 Å². The quantitative estimate of drug-likeness (QED) is 0.665. The van der Waals surface area contributed by atoms with E-state index in [1.807, 2.05) is 0 Å². The van der Waals surface area contributed by atoms with Crippen LogP contribution in [0.1, 0.15) is 0 Å². The van der Waals surface area contributed by atoms with E-state index in [4.69, 9.17) is 0 Å². The molecule has 9 heavy (non-hydrogen) atoms. The van der Waals surface area contributed by atoms with Gasteiger partial charge in [0.05, 0.1) is 0 Å². The highest BCUT2D eigenvalue weighted by Crippen LogP contribution is 2.56. The predicted molar refractivity (Wildman–Crippen MR) is 27.6 cm³/mol. The SMILES string of the molecule is CP(=O)(F)NP(=O)(F)F. The van der Waals surface area contributed by atoms with Gasteiger partial charge >= 0.3 is 15.5 Å². The van der Waals surface area contributed by atoms with Crippen LogP contribution in [0.15, 0.2) is 0 Å². The summed E-state index contributed by atoms with van der Waals surface area (Å²) in [6.45, 7) is 0.415. The first-order chi connectivity index (χ1) is 3.71. The van der Waals surface area contributed by atoms with Crippen LogP contribution in [0, 0.1) is 0 Å². The molecule has 1 atom stereocenters. The lowest BCUT2D eigenvalue weighted by Gasteiger charge is -2.01. The van der Waals surface area contributed by atoms with E-state index < -0.39 is 15.5 Å². The molecule has 0 aliphatic rings. The molecule has 56 valence electrons. The first-order valence-electron chi connectivity index (χ1n) is 1.77. The minimum absolute atomic E-state index is 0.415. The Labute approximate surface area is 49.8 Å². The van der Waals surface area contributed by atoms with Crippen molar-refractivity contribution in [2.24, 2.45) is 0 Å². The molecule has 8 heteroatoms. The van der Waals surface area contributed by atoms with Crippen molar-refractivity contribution in [2.45, 2.75) is 0 Å². The van der Waals surface area contributed by atoms with E-state index in [1.54, 1.807) is 0 Å². The Kier molecular flexibility index (Phi) is 2.50. The highest BCUT2D eigenvalue weighted by Gasteiger charge is 2.28. The normalized spacial score (nSPS) is 19.1. The number of nitrogens with one attached hydrogen (secondary N) is 1. The molecule has 1 unspecified atom stereocenters. The van der Waals surface area contributed by atoms with E-state index in [0.717, 1.165) is 0 Å². The summed E-state index contributed by atoms with van der Waals surface area (Å²) in [5.74, 6) is 0. The van der Waals surface area contributed by atoms with Crippen molar-refractivity contribution in [3.8, 4) is 0 Å². The molecule has 0 aromatic carbocycles. The summed E-state index contributed by atoms with van der Waals surface area (Å²) in [5, 5.41) is 0. The Balaban J connectivity index is 4.07. The third-order valence-electron chi connectivity index (χ3n) is 0.295. The second-order valence-electron chi connectivity index (χ2n) is 1.38. The van der Waals surface area contributed by atoms with Gasteiger partial charge in [-0.15, -0.1) is 13.3 Å². The highest BCUT2D eigenvalue weighted by molar-refractivity contribution is 7.69. The standard InChI is InChI=1S/CH4F3NO2P2/c1-8(2,6)5-9(3,4)7/h1H3,(H,5,6,7). The third-order valence-corrected chi connectivity index (χ3v) is 2.66. The minimum Gasteiger partial charge on any atom is -0.270 e. The Morgan fingerprint density at radius 3 is 1.56 bits per heavy atom. The van der Waals surface area contributed by atoms with Crippen LogP contribution in [0.25, 0.3) is 0 Å². The maximum atomic E-state index is 11.7. The van der Waals surface area contributed by atoms with Crippen molar-refractivity contribution >= 4 is 15.5 Å². The summed E-state index contributed by atoms with van der Waals surface area (Å²) in [6.07, 6.45) is 0. The smallest absolute Gasteiger partial charge is 0.270 e. The molecule has 0 saturated heterocycles. The Bertz CT molecular complexity index is 160. The zero-order chi connectivity index (χ0) is 7.71. The van der Waals surface area contributed by atoms with Crippen molar-refractivity contribution < 1.29 is 21.7 Å². The lowest BCUT2D eigenvalue weighted by Crippen LogP contribution is -1.95. The molecular weight excluding hydrogens is 177 g/mol. The topological polar surface area (TPSA) is 46.2 Å². The summed E-state index contributed by atoms with van der Waals surface area (Å²) < 4.78 is 53.4. The summed E-state index contributed by atoms with van der Waals surface area (Å²) in [4.78, 5) is 0.569. The minimum atomic E-state index is -5.68. The molecule has 0 aromatic heterocycles. The van der Waals surface area contributed by atoms with Crippen LogP contribution < -0.4 is 4.86 Å². The van der Waals surface area contributed by atoms with E-state index in [9.17, 15) is 21.7 Å². The van der Waals surface area contributed by atoms with E-state index in [0.29, 0.717) is 11.5 Å². The molecule has 0 aliphatic heterocycles. The lowest BCUT2D eigenvalue weighted by molar-refractivity contribution is 0.483. The van der Waals surface area contributed by atoms with Gasteiger partial charge < -0.3 is 0 Å². The van der Waals surface area contributed by atoms with Crippen LogP contribution in [0.4, 0.5) is 12.6 Å². The Morgan fingerprint density at radius 1 is 1.22 bits per heavy atom. The predicted octanol–water partition coefficient (Wildman–Crippen LogP) is 2.42. The molecule has 0 saturated carbocycles. The van der Waals surface area contributed by atoms with Gasteiger partial charge in [0.15, 0.2) is 0 Å². The molecule has 0 spiro atoms. The monoisotopic (exact) mass is 181 g/mol. The first kappa shape index (κ1) is 9.21. The van der Waals surface area contributed by atoms with Crippen LogP contribution in [0.5, 0.6) is 0 Å². The van der Waals surface area contributed by atoms with Crippen LogP contribution >= 0.6 is 15.5 Å². The fraction of sp³-hybridized carbons (Fsp3) is 1.00. The van der Waals surface area contributed by atoms with Gasteiger partial charge in [-0.25, -0.2) is 4.57 Å². The van der Waals surface area contributed by atoms with E-state index >= 15 is 0 Å². The molecule has 3 nitrogen and oxygen atoms in total. The van der Waals surface area contributed by atoms with Crippen LogP contribution in [-0.2, 0) is 9.13 Å². The van der Waals surface area contributed by atoms with Gasteiger partial charge in [0.2, 0.25) is 0 Å². The van der Waals surface area contributed by atoms with Crippen LogP contribution in [0.3, 0.4) is 0 Å². The number of rotatable bonds is 2. The zero-order valence-electron chi connectivity index (χ0n) is 4.34. The van der Waals surface area contributed by atoms with Gasteiger partial charge in [0, 0.05) is 6.66 Å². The van der Waals surface area contributed by atoms with Gasteiger partial charge in [-0.2, -0.15) is 4.20 Å². The molecular formula is CH4F3NO2P2. The van der Waals surface area contributed by atoms with Gasteiger partial charge in [0.1, 0.15) is 0 Å².